The van der Waals surface area contributed by atoms with Crippen LogP contribution in [-0.2, 0) is 26.7 Å². The van der Waals surface area contributed by atoms with Crippen molar-refractivity contribution in [3.05, 3.63) is 53.1 Å². The third kappa shape index (κ3) is 3.62. The number of aryl methyl sites for hydroxylation is 1. The summed E-state index contributed by atoms with van der Waals surface area (Å²) in [5.74, 6) is -0.237. The van der Waals surface area contributed by atoms with Crippen LogP contribution < -0.4 is 5.73 Å². The van der Waals surface area contributed by atoms with Crippen LogP contribution in [0, 0.1) is 5.82 Å². The maximum atomic E-state index is 13.1. The van der Waals surface area contributed by atoms with Crippen LogP contribution in [0.15, 0.2) is 30.6 Å². The number of hydrogen-bond acceptors (Lipinski definition) is 3. The van der Waals surface area contributed by atoms with E-state index in [-0.39, 0.29) is 5.82 Å². The molecule has 0 radical (unpaired) electrons. The molecule has 2 N–H and O–H groups in total. The van der Waals surface area contributed by atoms with Gasteiger partial charge in [-0.25, -0.2) is 4.39 Å². The van der Waals surface area contributed by atoms with Crippen molar-refractivity contribution in [2.45, 2.75) is 19.6 Å². The second-order valence-corrected chi connectivity index (χ2v) is 4.81. The number of hydrogen-bond donors (Lipinski definition) is 1. The lowest BCUT2D eigenvalue weighted by molar-refractivity contribution is 0.318. The Labute approximate surface area is 112 Å². The van der Waals surface area contributed by atoms with Crippen molar-refractivity contribution in [1.29, 1.82) is 0 Å². The first-order valence-corrected chi connectivity index (χ1v) is 6.22. The number of aromatic nitrogens is 2. The molecule has 5 heteroatoms. The van der Waals surface area contributed by atoms with E-state index in [0.717, 1.165) is 29.8 Å². The molecule has 1 aromatic heterocycles. The Morgan fingerprint density at radius 1 is 1.32 bits per heavy atom. The van der Waals surface area contributed by atoms with E-state index in [9.17, 15) is 4.39 Å². The van der Waals surface area contributed by atoms with Gasteiger partial charge in [-0.05, 0) is 30.3 Å². The molecule has 4 nitrogen and oxygen atoms in total. The van der Waals surface area contributed by atoms with Crippen molar-refractivity contribution in [2.75, 3.05) is 7.05 Å². The quantitative estimate of drug-likeness (QED) is 0.891. The standard InChI is InChI=1S/C14H19FN4/c1-18(8-11-7-17-19(2)9-11)10-12-3-4-14(15)5-13(12)6-16/h3-5,7,9H,6,8,10,16H2,1-2H3. The third-order valence-electron chi connectivity index (χ3n) is 3.04. The van der Waals surface area contributed by atoms with Crippen molar-refractivity contribution in [1.82, 2.24) is 14.7 Å². The summed E-state index contributed by atoms with van der Waals surface area (Å²) in [4.78, 5) is 2.16. The van der Waals surface area contributed by atoms with Crippen LogP contribution in [-0.4, -0.2) is 21.7 Å². The molecule has 1 heterocycles. The Kier molecular flexibility index (Phi) is 4.29. The van der Waals surface area contributed by atoms with Gasteiger partial charge in [-0.3, -0.25) is 9.58 Å². The molecule has 1 aromatic carbocycles. The lowest BCUT2D eigenvalue weighted by Gasteiger charge is -2.17. The fourth-order valence-electron chi connectivity index (χ4n) is 2.15. The third-order valence-corrected chi connectivity index (χ3v) is 3.04. The maximum absolute atomic E-state index is 13.1. The Balaban J connectivity index is 2.04. The molecule has 0 aliphatic carbocycles. The van der Waals surface area contributed by atoms with E-state index in [1.807, 2.05) is 26.5 Å². The Hall–Kier alpha value is -1.72. The van der Waals surface area contributed by atoms with E-state index in [1.165, 1.54) is 12.1 Å². The van der Waals surface area contributed by atoms with Crippen LogP contribution >= 0.6 is 0 Å². The van der Waals surface area contributed by atoms with Crippen molar-refractivity contribution >= 4 is 0 Å². The van der Waals surface area contributed by atoms with Crippen LogP contribution in [0.4, 0.5) is 4.39 Å². The molecule has 102 valence electrons. The molecule has 0 saturated heterocycles. The molecule has 0 unspecified atom stereocenters. The van der Waals surface area contributed by atoms with Crippen LogP contribution in [0.2, 0.25) is 0 Å². The number of benzene rings is 1. The lowest BCUT2D eigenvalue weighted by atomic mass is 10.1. The summed E-state index contributed by atoms with van der Waals surface area (Å²) in [6.07, 6.45) is 3.84. The molecule has 0 bridgehead atoms. The van der Waals surface area contributed by atoms with Gasteiger partial charge in [-0.2, -0.15) is 5.10 Å². The largest absolute Gasteiger partial charge is 0.326 e. The van der Waals surface area contributed by atoms with Crippen LogP contribution in [0.3, 0.4) is 0 Å². The first kappa shape index (κ1) is 13.7. The van der Waals surface area contributed by atoms with Crippen molar-refractivity contribution in [3.8, 4) is 0 Å². The molecule has 0 atom stereocenters. The summed E-state index contributed by atoms with van der Waals surface area (Å²) in [5.41, 5.74) is 8.73. The smallest absolute Gasteiger partial charge is 0.123 e. The van der Waals surface area contributed by atoms with Gasteiger partial charge in [0, 0.05) is 38.4 Å². The van der Waals surface area contributed by atoms with Crippen LogP contribution in [0.25, 0.3) is 0 Å². The molecule has 19 heavy (non-hydrogen) atoms. The minimum Gasteiger partial charge on any atom is -0.326 e. The molecular formula is C14H19FN4. The average molecular weight is 262 g/mol. The van der Waals surface area contributed by atoms with E-state index in [4.69, 9.17) is 5.73 Å². The van der Waals surface area contributed by atoms with E-state index >= 15 is 0 Å². The molecule has 2 rings (SSSR count). The Bertz CT molecular complexity index is 550. The minimum absolute atomic E-state index is 0.237. The second kappa shape index (κ2) is 5.95. The van der Waals surface area contributed by atoms with Gasteiger partial charge in [0.05, 0.1) is 6.20 Å². The van der Waals surface area contributed by atoms with Crippen LogP contribution in [0.1, 0.15) is 16.7 Å². The van der Waals surface area contributed by atoms with E-state index in [1.54, 1.807) is 10.7 Å². The SMILES string of the molecule is CN(Cc1cnn(C)c1)Cc1ccc(F)cc1CN. The van der Waals surface area contributed by atoms with Gasteiger partial charge in [0.2, 0.25) is 0 Å². The van der Waals surface area contributed by atoms with Gasteiger partial charge in [-0.15, -0.1) is 0 Å². The van der Waals surface area contributed by atoms with E-state index < -0.39 is 0 Å². The number of nitrogens with two attached hydrogens (primary N) is 1. The lowest BCUT2D eigenvalue weighted by Crippen LogP contribution is -2.18. The zero-order chi connectivity index (χ0) is 13.8. The number of nitrogens with zero attached hydrogens (tertiary/aromatic N) is 3. The number of rotatable bonds is 5. The molecule has 0 saturated carbocycles. The summed E-state index contributed by atoms with van der Waals surface area (Å²) >= 11 is 0. The van der Waals surface area contributed by atoms with Crippen molar-refractivity contribution < 1.29 is 4.39 Å². The highest BCUT2D eigenvalue weighted by molar-refractivity contribution is 5.27. The fourth-order valence-corrected chi connectivity index (χ4v) is 2.15. The highest BCUT2D eigenvalue weighted by Gasteiger charge is 2.07. The van der Waals surface area contributed by atoms with Crippen LogP contribution in [0.5, 0.6) is 0 Å². The van der Waals surface area contributed by atoms with E-state index in [2.05, 4.69) is 10.00 Å². The predicted octanol–water partition coefficient (Wildman–Crippen LogP) is 1.65. The zero-order valence-electron chi connectivity index (χ0n) is 11.3. The highest BCUT2D eigenvalue weighted by Crippen LogP contribution is 2.14. The normalized spacial score (nSPS) is 11.2. The molecule has 0 spiro atoms. The Morgan fingerprint density at radius 2 is 2.11 bits per heavy atom. The summed E-state index contributed by atoms with van der Waals surface area (Å²) in [6, 6.07) is 4.79. The van der Waals surface area contributed by atoms with Gasteiger partial charge in [0.25, 0.3) is 0 Å². The van der Waals surface area contributed by atoms with E-state index in [0.29, 0.717) is 6.54 Å². The first-order chi connectivity index (χ1) is 9.08. The van der Waals surface area contributed by atoms with Crippen molar-refractivity contribution in [3.63, 3.8) is 0 Å². The summed E-state index contributed by atoms with van der Waals surface area (Å²) in [6.45, 7) is 1.89. The molecular weight excluding hydrogens is 243 g/mol. The topological polar surface area (TPSA) is 47.1 Å². The predicted molar refractivity (Wildman–Crippen MR) is 72.7 cm³/mol. The molecule has 0 amide bonds. The number of halogens is 1. The summed E-state index contributed by atoms with van der Waals surface area (Å²) < 4.78 is 14.9. The monoisotopic (exact) mass is 262 g/mol. The summed E-state index contributed by atoms with van der Waals surface area (Å²) in [5, 5.41) is 4.14. The molecule has 0 fully saturated rings. The molecule has 0 aliphatic rings. The van der Waals surface area contributed by atoms with Gasteiger partial charge >= 0.3 is 0 Å². The highest BCUT2D eigenvalue weighted by atomic mass is 19.1. The average Bonchev–Trinajstić information content (AvgIpc) is 2.76. The Morgan fingerprint density at radius 3 is 2.74 bits per heavy atom. The van der Waals surface area contributed by atoms with Crippen molar-refractivity contribution in [2.24, 2.45) is 12.8 Å². The minimum atomic E-state index is -0.237. The molecule has 2 aromatic rings. The fraction of sp³-hybridized carbons (Fsp3) is 0.357. The van der Waals surface area contributed by atoms with Gasteiger partial charge in [-0.1, -0.05) is 6.07 Å². The zero-order valence-corrected chi connectivity index (χ0v) is 11.3. The second-order valence-electron chi connectivity index (χ2n) is 4.81. The maximum Gasteiger partial charge on any atom is 0.123 e. The van der Waals surface area contributed by atoms with Gasteiger partial charge < -0.3 is 5.73 Å². The summed E-state index contributed by atoms with van der Waals surface area (Å²) in [7, 11) is 3.92. The molecule has 0 aliphatic heterocycles. The first-order valence-electron chi connectivity index (χ1n) is 6.22. The van der Waals surface area contributed by atoms with Gasteiger partial charge in [0.15, 0.2) is 0 Å². The van der Waals surface area contributed by atoms with Gasteiger partial charge in [0.1, 0.15) is 5.82 Å².